The average molecular weight is 276 g/mol. The van der Waals surface area contributed by atoms with Gasteiger partial charge in [-0.05, 0) is 80.5 Å². The molecular formula is C18H28O2. The van der Waals surface area contributed by atoms with Gasteiger partial charge in [0, 0.05) is 0 Å². The molecule has 20 heavy (non-hydrogen) atoms. The number of allylic oxidation sites excluding steroid dienone is 1. The van der Waals surface area contributed by atoms with Crippen molar-refractivity contribution >= 4 is 0 Å². The molecule has 2 nitrogen and oxygen atoms in total. The third-order valence-electron chi connectivity index (χ3n) is 7.38. The first-order valence-corrected chi connectivity index (χ1v) is 8.66. The molecule has 3 saturated carbocycles. The molecule has 4 aliphatic carbocycles. The molecule has 4 aliphatic rings. The lowest BCUT2D eigenvalue weighted by Crippen LogP contribution is -2.47. The minimum absolute atomic E-state index is 0.0569. The number of rotatable bonds is 0. The van der Waals surface area contributed by atoms with E-state index in [0.29, 0.717) is 0 Å². The maximum atomic E-state index is 10.4. The molecule has 0 aromatic carbocycles. The second kappa shape index (κ2) is 4.58. The molecule has 0 aromatic rings. The second-order valence-electron chi connectivity index (χ2n) is 8.10. The van der Waals surface area contributed by atoms with Crippen LogP contribution in [0.5, 0.6) is 0 Å². The summed E-state index contributed by atoms with van der Waals surface area (Å²) in [7, 11) is 0. The lowest BCUT2D eigenvalue weighted by Gasteiger charge is -2.53. The number of aliphatic hydroxyl groups excluding tert-OH is 2. The van der Waals surface area contributed by atoms with Crippen LogP contribution in [-0.4, -0.2) is 22.4 Å². The van der Waals surface area contributed by atoms with Crippen molar-refractivity contribution in [3.8, 4) is 0 Å². The number of hydrogen-bond acceptors (Lipinski definition) is 2. The van der Waals surface area contributed by atoms with E-state index in [-0.39, 0.29) is 17.6 Å². The molecule has 7 atom stereocenters. The molecule has 2 heteroatoms. The minimum atomic E-state index is -0.181. The molecule has 0 amide bonds. The van der Waals surface area contributed by atoms with Crippen LogP contribution in [-0.2, 0) is 0 Å². The first-order chi connectivity index (χ1) is 9.59. The van der Waals surface area contributed by atoms with E-state index in [2.05, 4.69) is 13.0 Å². The van der Waals surface area contributed by atoms with Crippen LogP contribution < -0.4 is 0 Å². The summed E-state index contributed by atoms with van der Waals surface area (Å²) in [5.41, 5.74) is 1.77. The Morgan fingerprint density at radius 1 is 1.00 bits per heavy atom. The van der Waals surface area contributed by atoms with Gasteiger partial charge in [0.1, 0.15) is 0 Å². The number of aliphatic hydroxyl groups is 2. The van der Waals surface area contributed by atoms with Crippen LogP contribution in [0.15, 0.2) is 11.6 Å². The van der Waals surface area contributed by atoms with Crippen LogP contribution in [0.2, 0.25) is 0 Å². The van der Waals surface area contributed by atoms with Gasteiger partial charge in [0.25, 0.3) is 0 Å². The van der Waals surface area contributed by atoms with Crippen LogP contribution in [0.4, 0.5) is 0 Å². The van der Waals surface area contributed by atoms with Crippen molar-refractivity contribution in [2.45, 2.75) is 70.5 Å². The third-order valence-corrected chi connectivity index (χ3v) is 7.38. The van der Waals surface area contributed by atoms with E-state index < -0.39 is 0 Å². The highest BCUT2D eigenvalue weighted by Crippen LogP contribution is 2.61. The van der Waals surface area contributed by atoms with Crippen molar-refractivity contribution in [3.63, 3.8) is 0 Å². The smallest absolute Gasteiger partial charge is 0.0723 e. The minimum Gasteiger partial charge on any atom is -0.393 e. The summed E-state index contributed by atoms with van der Waals surface area (Å²) in [6.07, 6.45) is 11.4. The Labute approximate surface area is 122 Å². The topological polar surface area (TPSA) is 40.5 Å². The molecule has 0 heterocycles. The fraction of sp³-hybridized carbons (Fsp3) is 0.889. The second-order valence-corrected chi connectivity index (χ2v) is 8.10. The highest BCUT2D eigenvalue weighted by Gasteiger charge is 2.55. The predicted molar refractivity (Wildman–Crippen MR) is 79.1 cm³/mol. The first kappa shape index (κ1) is 13.3. The summed E-state index contributed by atoms with van der Waals surface area (Å²) in [6.45, 7) is 2.35. The van der Waals surface area contributed by atoms with Gasteiger partial charge in [-0.3, -0.25) is 0 Å². The Morgan fingerprint density at radius 2 is 1.85 bits per heavy atom. The molecule has 2 unspecified atom stereocenters. The van der Waals surface area contributed by atoms with Crippen molar-refractivity contribution in [2.24, 2.45) is 29.1 Å². The fourth-order valence-corrected chi connectivity index (χ4v) is 6.28. The molecule has 0 aliphatic heterocycles. The van der Waals surface area contributed by atoms with Gasteiger partial charge in [-0.2, -0.15) is 0 Å². The SMILES string of the molecule is C[C@]12CC[C@@H]3C4CC[C@H](O)C=C4CCC3[C@@H]1CC[C@@H]2O. The Morgan fingerprint density at radius 3 is 2.70 bits per heavy atom. The zero-order chi connectivity index (χ0) is 13.9. The van der Waals surface area contributed by atoms with Crippen molar-refractivity contribution in [1.82, 2.24) is 0 Å². The molecule has 3 fully saturated rings. The Balaban J connectivity index is 1.62. The van der Waals surface area contributed by atoms with Crippen LogP contribution in [0, 0.1) is 29.1 Å². The summed E-state index contributed by atoms with van der Waals surface area (Å²) in [4.78, 5) is 0. The molecule has 0 saturated heterocycles. The Kier molecular flexibility index (Phi) is 3.05. The highest BCUT2D eigenvalue weighted by molar-refractivity contribution is 5.20. The molecular weight excluding hydrogens is 248 g/mol. The van der Waals surface area contributed by atoms with Crippen LogP contribution >= 0.6 is 0 Å². The molecule has 112 valence electrons. The summed E-state index contributed by atoms with van der Waals surface area (Å²) >= 11 is 0. The van der Waals surface area contributed by atoms with Gasteiger partial charge in [0.2, 0.25) is 0 Å². The molecule has 0 bridgehead atoms. The highest BCUT2D eigenvalue weighted by atomic mass is 16.3. The predicted octanol–water partition coefficient (Wildman–Crippen LogP) is 3.28. The molecule has 2 N–H and O–H groups in total. The van der Waals surface area contributed by atoms with Crippen LogP contribution in [0.3, 0.4) is 0 Å². The van der Waals surface area contributed by atoms with Gasteiger partial charge in [-0.15, -0.1) is 0 Å². The average Bonchev–Trinajstić information content (AvgIpc) is 2.74. The third kappa shape index (κ3) is 1.77. The van der Waals surface area contributed by atoms with E-state index in [1.165, 1.54) is 38.5 Å². The maximum absolute atomic E-state index is 10.4. The van der Waals surface area contributed by atoms with Crippen LogP contribution in [0.1, 0.15) is 58.3 Å². The molecule has 0 spiro atoms. The zero-order valence-electron chi connectivity index (χ0n) is 12.6. The summed E-state index contributed by atoms with van der Waals surface area (Å²) in [5, 5.41) is 20.3. The monoisotopic (exact) mass is 276 g/mol. The van der Waals surface area contributed by atoms with E-state index in [0.717, 1.165) is 36.5 Å². The van der Waals surface area contributed by atoms with E-state index in [1.54, 1.807) is 5.57 Å². The van der Waals surface area contributed by atoms with E-state index in [1.807, 2.05) is 0 Å². The van der Waals surface area contributed by atoms with Crippen LogP contribution in [0.25, 0.3) is 0 Å². The van der Waals surface area contributed by atoms with Crippen molar-refractivity contribution in [3.05, 3.63) is 11.6 Å². The summed E-state index contributed by atoms with van der Waals surface area (Å²) in [6, 6.07) is 0. The van der Waals surface area contributed by atoms with Crippen molar-refractivity contribution in [1.29, 1.82) is 0 Å². The van der Waals surface area contributed by atoms with E-state index >= 15 is 0 Å². The van der Waals surface area contributed by atoms with Gasteiger partial charge in [-0.1, -0.05) is 18.6 Å². The maximum Gasteiger partial charge on any atom is 0.0723 e. The Hall–Kier alpha value is -0.340. The van der Waals surface area contributed by atoms with Gasteiger partial charge in [0.05, 0.1) is 12.2 Å². The van der Waals surface area contributed by atoms with Crippen molar-refractivity contribution < 1.29 is 10.2 Å². The quantitative estimate of drug-likeness (QED) is 0.667. The lowest BCUT2D eigenvalue weighted by atomic mass is 9.52. The molecule has 0 aromatic heterocycles. The van der Waals surface area contributed by atoms with Gasteiger partial charge in [-0.25, -0.2) is 0 Å². The molecule has 4 rings (SSSR count). The first-order valence-electron chi connectivity index (χ1n) is 8.66. The van der Waals surface area contributed by atoms with Gasteiger partial charge < -0.3 is 10.2 Å². The number of hydrogen-bond donors (Lipinski definition) is 2. The zero-order valence-corrected chi connectivity index (χ0v) is 12.6. The largest absolute Gasteiger partial charge is 0.393 e. The standard InChI is InChI=1S/C18H28O2/c1-18-9-8-14-13-5-3-12(19)10-11(13)2-4-15(14)16(18)6-7-17(18)20/h10,12-17,19-20H,2-9H2,1H3/t12-,13?,14+,15?,16-,17-,18-/m0/s1. The Bertz CT molecular complexity index is 429. The van der Waals surface area contributed by atoms with Crippen molar-refractivity contribution in [2.75, 3.05) is 0 Å². The van der Waals surface area contributed by atoms with E-state index in [9.17, 15) is 10.2 Å². The van der Waals surface area contributed by atoms with Gasteiger partial charge in [0.15, 0.2) is 0 Å². The lowest BCUT2D eigenvalue weighted by molar-refractivity contribution is -0.0548. The summed E-state index contributed by atoms with van der Waals surface area (Å²) in [5.74, 6) is 3.18. The summed E-state index contributed by atoms with van der Waals surface area (Å²) < 4.78 is 0. The normalized spacial score (nSPS) is 54.6. The molecule has 0 radical (unpaired) electrons. The van der Waals surface area contributed by atoms with E-state index in [4.69, 9.17) is 0 Å². The van der Waals surface area contributed by atoms with Gasteiger partial charge >= 0.3 is 0 Å². The number of fused-ring (bicyclic) bond motifs is 5. The fourth-order valence-electron chi connectivity index (χ4n) is 6.28.